The Morgan fingerprint density at radius 3 is 2.38 bits per heavy atom. The van der Waals surface area contributed by atoms with Crippen LogP contribution in [0.4, 0.5) is 10.1 Å². The molecule has 21 heavy (non-hydrogen) atoms. The maximum Gasteiger partial charge on any atom is 0.242 e. The van der Waals surface area contributed by atoms with E-state index in [1.807, 2.05) is 4.90 Å². The Hall–Kier alpha value is -2.11. The minimum atomic E-state index is -0.654. The van der Waals surface area contributed by atoms with Gasteiger partial charge in [-0.15, -0.1) is 0 Å². The second-order valence-corrected chi connectivity index (χ2v) is 5.53. The molecule has 114 valence electrons. The van der Waals surface area contributed by atoms with Crippen LogP contribution in [0.25, 0.3) is 0 Å². The third-order valence-electron chi connectivity index (χ3n) is 3.68. The highest BCUT2D eigenvalue weighted by Crippen LogP contribution is 2.20. The van der Waals surface area contributed by atoms with Gasteiger partial charge in [0.05, 0.1) is 0 Å². The van der Waals surface area contributed by atoms with E-state index < -0.39 is 11.9 Å². The number of carbonyl (C=O) groups excluding carboxylic acids is 2. The summed E-state index contributed by atoms with van der Waals surface area (Å²) in [6.07, 6.45) is 0. The van der Waals surface area contributed by atoms with Gasteiger partial charge in [-0.05, 0) is 24.3 Å². The van der Waals surface area contributed by atoms with E-state index in [0.717, 1.165) is 5.69 Å². The molecule has 2 amide bonds. The van der Waals surface area contributed by atoms with Gasteiger partial charge >= 0.3 is 0 Å². The average molecular weight is 293 g/mol. The van der Waals surface area contributed by atoms with Crippen molar-refractivity contribution in [3.63, 3.8) is 0 Å². The third kappa shape index (κ3) is 3.32. The summed E-state index contributed by atoms with van der Waals surface area (Å²) in [4.78, 5) is 27.3. The van der Waals surface area contributed by atoms with Gasteiger partial charge in [0, 0.05) is 31.2 Å². The molecule has 0 bridgehead atoms. The smallest absolute Gasteiger partial charge is 0.242 e. The minimum absolute atomic E-state index is 0.0717. The molecule has 1 fully saturated rings. The predicted octanol–water partition coefficient (Wildman–Crippen LogP) is 0.984. The number of hydrogen-bond donors (Lipinski definition) is 1. The Bertz CT molecular complexity index is 530. The van der Waals surface area contributed by atoms with Crippen LogP contribution in [0.1, 0.15) is 13.8 Å². The topological polar surface area (TPSA) is 66.6 Å². The zero-order valence-electron chi connectivity index (χ0n) is 12.3. The lowest BCUT2D eigenvalue weighted by Crippen LogP contribution is -2.60. The Labute approximate surface area is 123 Å². The van der Waals surface area contributed by atoms with E-state index in [9.17, 15) is 14.0 Å². The molecule has 0 saturated carbocycles. The molecule has 0 unspecified atom stereocenters. The summed E-state index contributed by atoms with van der Waals surface area (Å²) in [6, 6.07) is 5.42. The van der Waals surface area contributed by atoms with Crippen molar-refractivity contribution < 1.29 is 14.0 Å². The minimum Gasteiger partial charge on any atom is -0.368 e. The molecule has 6 heteroatoms. The molecule has 2 rings (SSSR count). The number of rotatable bonds is 3. The van der Waals surface area contributed by atoms with Crippen molar-refractivity contribution in [1.29, 1.82) is 0 Å². The quantitative estimate of drug-likeness (QED) is 0.903. The summed E-state index contributed by atoms with van der Waals surface area (Å²) in [7, 11) is 0. The maximum atomic E-state index is 13.0. The normalized spacial score (nSPS) is 19.0. The van der Waals surface area contributed by atoms with Crippen molar-refractivity contribution in [1.82, 2.24) is 4.90 Å². The van der Waals surface area contributed by atoms with Gasteiger partial charge < -0.3 is 15.5 Å². The molecular weight excluding hydrogens is 273 g/mol. The number of anilines is 1. The van der Waals surface area contributed by atoms with Crippen molar-refractivity contribution in [2.45, 2.75) is 19.9 Å². The monoisotopic (exact) mass is 293 g/mol. The molecule has 0 spiro atoms. The number of carbonyl (C=O) groups is 2. The summed E-state index contributed by atoms with van der Waals surface area (Å²) in [6.45, 7) is 4.95. The van der Waals surface area contributed by atoms with E-state index >= 15 is 0 Å². The van der Waals surface area contributed by atoms with Crippen molar-refractivity contribution >= 4 is 17.5 Å². The van der Waals surface area contributed by atoms with E-state index in [-0.39, 0.29) is 17.6 Å². The molecule has 2 N–H and O–H groups in total. The van der Waals surface area contributed by atoms with Crippen molar-refractivity contribution in [3.05, 3.63) is 30.1 Å². The van der Waals surface area contributed by atoms with Crippen LogP contribution in [0, 0.1) is 11.7 Å². The SMILES string of the molecule is CC(C)C(=O)N1CCN(c2ccc(F)cc2)C[C@H]1C(N)=O. The first-order valence-corrected chi connectivity index (χ1v) is 7.00. The zero-order chi connectivity index (χ0) is 15.6. The summed E-state index contributed by atoms with van der Waals surface area (Å²) in [5.74, 6) is -1.07. The first kappa shape index (κ1) is 15.3. The van der Waals surface area contributed by atoms with Gasteiger partial charge in [-0.1, -0.05) is 13.8 Å². The fourth-order valence-electron chi connectivity index (χ4n) is 2.51. The molecule has 1 aromatic rings. The number of amides is 2. The summed E-state index contributed by atoms with van der Waals surface area (Å²) in [5.41, 5.74) is 6.26. The highest BCUT2D eigenvalue weighted by atomic mass is 19.1. The third-order valence-corrected chi connectivity index (χ3v) is 3.68. The lowest BCUT2D eigenvalue weighted by atomic mass is 10.1. The second-order valence-electron chi connectivity index (χ2n) is 5.53. The largest absolute Gasteiger partial charge is 0.368 e. The van der Waals surface area contributed by atoms with Crippen molar-refractivity contribution in [2.75, 3.05) is 24.5 Å². The van der Waals surface area contributed by atoms with E-state index in [4.69, 9.17) is 5.73 Å². The highest BCUT2D eigenvalue weighted by Gasteiger charge is 2.34. The molecule has 1 heterocycles. The molecule has 0 aromatic heterocycles. The molecule has 5 nitrogen and oxygen atoms in total. The Balaban J connectivity index is 2.17. The van der Waals surface area contributed by atoms with Crippen LogP contribution in [0.2, 0.25) is 0 Å². The number of nitrogens with zero attached hydrogens (tertiary/aromatic N) is 2. The van der Waals surface area contributed by atoms with E-state index in [0.29, 0.717) is 19.6 Å². The number of hydrogen-bond acceptors (Lipinski definition) is 3. The lowest BCUT2D eigenvalue weighted by Gasteiger charge is -2.41. The van der Waals surface area contributed by atoms with Gasteiger partial charge in [0.2, 0.25) is 11.8 Å². The average Bonchev–Trinajstić information content (AvgIpc) is 2.46. The second kappa shape index (κ2) is 6.11. The van der Waals surface area contributed by atoms with E-state index in [1.54, 1.807) is 30.9 Å². The molecule has 1 atom stereocenters. The molecule has 1 aliphatic heterocycles. The first-order chi connectivity index (χ1) is 9.90. The molecule has 1 aliphatic rings. The van der Waals surface area contributed by atoms with Gasteiger partial charge in [0.15, 0.2) is 0 Å². The van der Waals surface area contributed by atoms with Gasteiger partial charge in [-0.3, -0.25) is 9.59 Å². The molecule has 1 aromatic carbocycles. The zero-order valence-corrected chi connectivity index (χ0v) is 12.3. The summed E-state index contributed by atoms with van der Waals surface area (Å²) >= 11 is 0. The maximum absolute atomic E-state index is 13.0. The number of primary amides is 1. The number of halogens is 1. The first-order valence-electron chi connectivity index (χ1n) is 7.00. The van der Waals surface area contributed by atoms with Crippen molar-refractivity contribution in [2.24, 2.45) is 11.7 Å². The molecular formula is C15H20FN3O2. The number of benzene rings is 1. The standard InChI is InChI=1S/C15H20FN3O2/c1-10(2)15(21)19-8-7-18(9-13(19)14(17)20)12-5-3-11(16)4-6-12/h3-6,10,13H,7-9H2,1-2H3,(H2,17,20)/t13-/m0/s1. The Kier molecular flexibility index (Phi) is 4.45. The van der Waals surface area contributed by atoms with Crippen LogP contribution in [-0.2, 0) is 9.59 Å². The Morgan fingerprint density at radius 1 is 1.24 bits per heavy atom. The molecule has 0 aliphatic carbocycles. The van der Waals surface area contributed by atoms with Gasteiger partial charge in [-0.2, -0.15) is 0 Å². The highest BCUT2D eigenvalue weighted by molar-refractivity contribution is 5.88. The van der Waals surface area contributed by atoms with Crippen LogP contribution >= 0.6 is 0 Å². The van der Waals surface area contributed by atoms with E-state index in [2.05, 4.69) is 0 Å². The van der Waals surface area contributed by atoms with Crippen molar-refractivity contribution in [3.8, 4) is 0 Å². The van der Waals surface area contributed by atoms with Gasteiger partial charge in [0.1, 0.15) is 11.9 Å². The van der Waals surface area contributed by atoms with Crippen LogP contribution in [0.3, 0.4) is 0 Å². The molecule has 1 saturated heterocycles. The predicted molar refractivity (Wildman–Crippen MR) is 78.1 cm³/mol. The van der Waals surface area contributed by atoms with Crippen LogP contribution < -0.4 is 10.6 Å². The van der Waals surface area contributed by atoms with Crippen LogP contribution in [0.5, 0.6) is 0 Å². The summed E-state index contributed by atoms with van der Waals surface area (Å²) < 4.78 is 13.0. The summed E-state index contributed by atoms with van der Waals surface area (Å²) in [5, 5.41) is 0. The van der Waals surface area contributed by atoms with Crippen LogP contribution in [0.15, 0.2) is 24.3 Å². The van der Waals surface area contributed by atoms with Gasteiger partial charge in [-0.25, -0.2) is 4.39 Å². The number of nitrogens with two attached hydrogens (primary N) is 1. The Morgan fingerprint density at radius 2 is 1.86 bits per heavy atom. The van der Waals surface area contributed by atoms with E-state index in [1.165, 1.54) is 12.1 Å². The fraction of sp³-hybridized carbons (Fsp3) is 0.467. The van der Waals surface area contributed by atoms with Gasteiger partial charge in [0.25, 0.3) is 0 Å². The lowest BCUT2D eigenvalue weighted by molar-refractivity contribution is -0.142. The fourth-order valence-corrected chi connectivity index (χ4v) is 2.51. The number of piperazine rings is 1. The molecule has 0 radical (unpaired) electrons. The van der Waals surface area contributed by atoms with Crippen LogP contribution in [-0.4, -0.2) is 42.4 Å².